The molecule has 0 bridgehead atoms. The van der Waals surface area contributed by atoms with E-state index >= 15 is 0 Å². The molecule has 1 amide bonds. The topological polar surface area (TPSA) is 57.9 Å². The zero-order chi connectivity index (χ0) is 17.9. The lowest BCUT2D eigenvalue weighted by Crippen LogP contribution is -2.43. The van der Waals surface area contributed by atoms with Crippen LogP contribution in [-0.4, -0.2) is 49.2 Å². The molecule has 1 aliphatic rings. The monoisotopic (exact) mass is 366 g/mol. The third-order valence-electron chi connectivity index (χ3n) is 4.17. The molecule has 0 saturated carbocycles. The molecule has 0 unspecified atom stereocenters. The molecule has 5 nitrogen and oxygen atoms in total. The van der Waals surface area contributed by atoms with Crippen molar-refractivity contribution in [1.82, 2.24) is 4.90 Å². The smallest absolute Gasteiger partial charge is 0.395 e. The summed E-state index contributed by atoms with van der Waals surface area (Å²) in [6, 6.07) is 0.902. The molecule has 0 aromatic carbocycles. The highest BCUT2D eigenvalue weighted by Gasteiger charge is 2.35. The van der Waals surface area contributed by atoms with Crippen molar-refractivity contribution in [2.75, 3.05) is 38.2 Å². The zero-order valence-electron chi connectivity index (χ0n) is 13.2. The van der Waals surface area contributed by atoms with Gasteiger partial charge in [-0.1, -0.05) is 11.6 Å². The fraction of sp³-hybridized carbons (Fsp3) is 0.600. The van der Waals surface area contributed by atoms with Gasteiger partial charge in [0.15, 0.2) is 0 Å². The lowest BCUT2D eigenvalue weighted by molar-refractivity contribution is -0.367. The van der Waals surface area contributed by atoms with Crippen molar-refractivity contribution in [3.8, 4) is 0 Å². The van der Waals surface area contributed by atoms with E-state index in [2.05, 4.69) is 4.98 Å². The fourth-order valence-corrected chi connectivity index (χ4v) is 3.08. The van der Waals surface area contributed by atoms with E-state index in [0.29, 0.717) is 31.7 Å². The summed E-state index contributed by atoms with van der Waals surface area (Å²) < 4.78 is 38.0. The molecule has 1 aliphatic heterocycles. The second-order valence-corrected chi connectivity index (χ2v) is 6.23. The van der Waals surface area contributed by atoms with Gasteiger partial charge < -0.3 is 10.0 Å². The third-order valence-corrected chi connectivity index (χ3v) is 4.46. The van der Waals surface area contributed by atoms with Gasteiger partial charge in [0.05, 0.1) is 25.3 Å². The van der Waals surface area contributed by atoms with Crippen molar-refractivity contribution in [2.24, 2.45) is 5.92 Å². The van der Waals surface area contributed by atoms with Gasteiger partial charge in [-0.05, 0) is 18.9 Å². The summed E-state index contributed by atoms with van der Waals surface area (Å²) in [5, 5.41) is 8.89. The highest BCUT2D eigenvalue weighted by Crippen LogP contribution is 2.33. The normalized spacial score (nSPS) is 16.3. The number of aromatic amines is 1. The number of pyridine rings is 1. The number of aliphatic hydroxyl groups is 1. The van der Waals surface area contributed by atoms with Crippen molar-refractivity contribution in [3.05, 3.63) is 22.8 Å². The summed E-state index contributed by atoms with van der Waals surface area (Å²) in [4.78, 5) is 18.1. The average molecular weight is 367 g/mol. The van der Waals surface area contributed by atoms with E-state index in [1.165, 1.54) is 4.90 Å². The van der Waals surface area contributed by atoms with Crippen LogP contribution in [0.1, 0.15) is 18.4 Å². The Hall–Kier alpha value is -1.54. The SMILES string of the molecule is CN(CCO)C(=O)C1CCN(c2[nH+]cc(C(F)(F)F)cc2Cl)CC1. The minimum atomic E-state index is -4.45. The van der Waals surface area contributed by atoms with Crippen LogP contribution in [0.3, 0.4) is 0 Å². The number of aromatic nitrogens is 1. The number of H-pyrrole nitrogens is 1. The Labute approximate surface area is 143 Å². The number of hydrogen-bond acceptors (Lipinski definition) is 3. The number of carbonyl (C=O) groups excluding carboxylic acids is 1. The molecule has 1 aromatic rings. The number of anilines is 1. The van der Waals surface area contributed by atoms with E-state index in [1.807, 2.05) is 4.90 Å². The van der Waals surface area contributed by atoms with E-state index < -0.39 is 11.7 Å². The number of rotatable bonds is 4. The number of carbonyl (C=O) groups is 1. The number of hydrogen-bond donors (Lipinski definition) is 1. The average Bonchev–Trinajstić information content (AvgIpc) is 2.53. The molecule has 0 aliphatic carbocycles. The first-order chi connectivity index (χ1) is 11.2. The van der Waals surface area contributed by atoms with E-state index in [1.54, 1.807) is 7.05 Å². The number of likely N-dealkylation sites (N-methyl/N-ethyl adjacent to an activating group) is 1. The van der Waals surface area contributed by atoms with Crippen LogP contribution in [0.15, 0.2) is 12.3 Å². The Kier molecular flexibility index (Phi) is 5.92. The Morgan fingerprint density at radius 3 is 2.58 bits per heavy atom. The summed E-state index contributed by atoms with van der Waals surface area (Å²) >= 11 is 5.98. The van der Waals surface area contributed by atoms with Crippen molar-refractivity contribution in [3.63, 3.8) is 0 Å². The molecule has 2 rings (SSSR count). The number of alkyl halides is 3. The Morgan fingerprint density at radius 1 is 1.46 bits per heavy atom. The Morgan fingerprint density at radius 2 is 2.08 bits per heavy atom. The van der Waals surface area contributed by atoms with Crippen LogP contribution in [0.2, 0.25) is 5.02 Å². The Balaban J connectivity index is 2.01. The maximum absolute atomic E-state index is 12.7. The van der Waals surface area contributed by atoms with Crippen molar-refractivity contribution >= 4 is 23.3 Å². The van der Waals surface area contributed by atoms with Crippen molar-refractivity contribution < 1.29 is 28.1 Å². The first-order valence-corrected chi connectivity index (χ1v) is 8.01. The molecule has 1 aromatic heterocycles. The molecule has 1 saturated heterocycles. The molecule has 2 N–H and O–H groups in total. The van der Waals surface area contributed by atoms with Gasteiger partial charge in [-0.2, -0.15) is 13.2 Å². The quantitative estimate of drug-likeness (QED) is 0.884. The van der Waals surface area contributed by atoms with Crippen LogP contribution in [-0.2, 0) is 11.0 Å². The van der Waals surface area contributed by atoms with Crippen LogP contribution in [0.5, 0.6) is 0 Å². The van der Waals surface area contributed by atoms with Gasteiger partial charge in [-0.3, -0.25) is 9.69 Å². The lowest BCUT2D eigenvalue weighted by Gasteiger charge is -2.29. The number of nitrogens with zero attached hydrogens (tertiary/aromatic N) is 2. The first kappa shape index (κ1) is 18.8. The highest BCUT2D eigenvalue weighted by atomic mass is 35.5. The molecule has 134 valence electrons. The summed E-state index contributed by atoms with van der Waals surface area (Å²) in [5.41, 5.74) is -0.827. The van der Waals surface area contributed by atoms with Gasteiger partial charge in [0.2, 0.25) is 5.91 Å². The maximum Gasteiger partial charge on any atom is 0.419 e. The largest absolute Gasteiger partial charge is 0.419 e. The molecule has 9 heteroatoms. The maximum atomic E-state index is 12.7. The molecule has 24 heavy (non-hydrogen) atoms. The molecule has 0 radical (unpaired) electrons. The summed E-state index contributed by atoms with van der Waals surface area (Å²) in [7, 11) is 1.64. The van der Waals surface area contributed by atoms with Crippen LogP contribution < -0.4 is 9.88 Å². The molecular formula is C15H20ClF3N3O2+. The summed E-state index contributed by atoms with van der Waals surface area (Å²) in [6.07, 6.45) is -2.39. The minimum absolute atomic E-state index is 0.00648. The number of piperidine rings is 1. The van der Waals surface area contributed by atoms with E-state index in [4.69, 9.17) is 16.7 Å². The minimum Gasteiger partial charge on any atom is -0.395 e. The number of amides is 1. The number of halogens is 4. The molecule has 1 fully saturated rings. The van der Waals surface area contributed by atoms with Gasteiger partial charge in [0.1, 0.15) is 11.2 Å². The van der Waals surface area contributed by atoms with Crippen LogP contribution in [0.25, 0.3) is 0 Å². The number of nitrogens with one attached hydrogen (secondary N) is 1. The van der Waals surface area contributed by atoms with Crippen LogP contribution >= 0.6 is 11.6 Å². The predicted octanol–water partition coefficient (Wildman–Crippen LogP) is 1.84. The van der Waals surface area contributed by atoms with E-state index in [0.717, 1.165) is 12.3 Å². The molecule has 2 heterocycles. The predicted molar refractivity (Wildman–Crippen MR) is 82.7 cm³/mol. The third kappa shape index (κ3) is 4.30. The Bertz CT molecular complexity index is 590. The standard InChI is InChI=1S/C15H19ClF3N3O2/c1-21(6-7-23)14(24)10-2-4-22(5-3-10)13-12(16)8-11(9-20-13)15(17,18)19/h8-10,23H,2-7H2,1H3/p+1. The molecular weight excluding hydrogens is 347 g/mol. The molecule has 0 atom stereocenters. The van der Waals surface area contributed by atoms with Gasteiger partial charge in [0, 0.05) is 19.5 Å². The van der Waals surface area contributed by atoms with Crippen molar-refractivity contribution in [1.29, 1.82) is 0 Å². The van der Waals surface area contributed by atoms with E-state index in [-0.39, 0.29) is 30.0 Å². The van der Waals surface area contributed by atoms with Crippen LogP contribution in [0.4, 0.5) is 19.0 Å². The lowest BCUT2D eigenvalue weighted by atomic mass is 9.95. The number of aliphatic hydroxyl groups excluding tert-OH is 1. The summed E-state index contributed by atoms with van der Waals surface area (Å²) in [6.45, 7) is 1.24. The van der Waals surface area contributed by atoms with Crippen LogP contribution in [0, 0.1) is 5.92 Å². The van der Waals surface area contributed by atoms with E-state index in [9.17, 15) is 18.0 Å². The van der Waals surface area contributed by atoms with Crippen molar-refractivity contribution in [2.45, 2.75) is 19.0 Å². The summed E-state index contributed by atoms with van der Waals surface area (Å²) in [5.74, 6) is 0.261. The zero-order valence-corrected chi connectivity index (χ0v) is 14.0. The second kappa shape index (κ2) is 7.57. The highest BCUT2D eigenvalue weighted by molar-refractivity contribution is 6.32. The van der Waals surface area contributed by atoms with Gasteiger partial charge in [-0.25, -0.2) is 4.98 Å². The van der Waals surface area contributed by atoms with Gasteiger partial charge >= 0.3 is 6.18 Å². The molecule has 0 spiro atoms. The van der Waals surface area contributed by atoms with Gasteiger partial charge in [-0.15, -0.1) is 0 Å². The fourth-order valence-electron chi connectivity index (χ4n) is 2.79. The second-order valence-electron chi connectivity index (χ2n) is 5.83. The van der Waals surface area contributed by atoms with Gasteiger partial charge in [0.25, 0.3) is 5.82 Å². The first-order valence-electron chi connectivity index (χ1n) is 7.63.